The standard InChI is InChI=1S/C12H12N6O/c1-8(9-4-2-3-7-13-9)14-10-5-6-11-15-16-12(19)18(11)17-10/h2-8H,1H3,(H,14,17)(H,16,19). The second kappa shape index (κ2) is 4.52. The van der Waals surface area contributed by atoms with Crippen LogP contribution in [-0.2, 0) is 0 Å². The van der Waals surface area contributed by atoms with Crippen LogP contribution in [0.15, 0.2) is 41.3 Å². The third-order valence-electron chi connectivity index (χ3n) is 2.77. The maximum atomic E-state index is 11.4. The van der Waals surface area contributed by atoms with Crippen molar-refractivity contribution >= 4 is 11.5 Å². The third-order valence-corrected chi connectivity index (χ3v) is 2.77. The molecular formula is C12H12N6O. The van der Waals surface area contributed by atoms with Gasteiger partial charge in [0.2, 0.25) is 0 Å². The Hall–Kier alpha value is -2.70. The molecular weight excluding hydrogens is 244 g/mol. The molecule has 0 spiro atoms. The second-order valence-corrected chi connectivity index (χ2v) is 4.14. The first-order chi connectivity index (χ1) is 9.24. The fourth-order valence-electron chi connectivity index (χ4n) is 1.81. The highest BCUT2D eigenvalue weighted by atomic mass is 16.2. The highest BCUT2D eigenvalue weighted by Gasteiger charge is 2.08. The van der Waals surface area contributed by atoms with E-state index in [-0.39, 0.29) is 11.7 Å². The summed E-state index contributed by atoms with van der Waals surface area (Å²) in [5.74, 6) is 0.592. The Bertz CT molecular complexity index is 748. The van der Waals surface area contributed by atoms with Crippen LogP contribution in [0.3, 0.4) is 0 Å². The average Bonchev–Trinajstić information content (AvgIpc) is 2.81. The number of pyridine rings is 1. The highest BCUT2D eigenvalue weighted by Crippen LogP contribution is 2.14. The molecule has 19 heavy (non-hydrogen) atoms. The van der Waals surface area contributed by atoms with E-state index in [9.17, 15) is 4.79 Å². The predicted octanol–water partition coefficient (Wildman–Crippen LogP) is 0.986. The first kappa shape index (κ1) is 11.4. The van der Waals surface area contributed by atoms with Crippen LogP contribution in [0.2, 0.25) is 0 Å². The van der Waals surface area contributed by atoms with E-state index in [2.05, 4.69) is 25.6 Å². The van der Waals surface area contributed by atoms with Gasteiger partial charge in [-0.25, -0.2) is 9.89 Å². The minimum absolute atomic E-state index is 0.00578. The van der Waals surface area contributed by atoms with E-state index in [1.807, 2.05) is 25.1 Å². The Morgan fingerprint density at radius 2 is 2.21 bits per heavy atom. The minimum atomic E-state index is -0.357. The molecule has 96 valence electrons. The van der Waals surface area contributed by atoms with E-state index < -0.39 is 0 Å². The van der Waals surface area contributed by atoms with Gasteiger partial charge in [-0.1, -0.05) is 6.07 Å². The summed E-state index contributed by atoms with van der Waals surface area (Å²) in [4.78, 5) is 15.7. The molecule has 7 nitrogen and oxygen atoms in total. The van der Waals surface area contributed by atoms with Crippen molar-refractivity contribution in [1.29, 1.82) is 0 Å². The molecule has 3 aromatic heterocycles. The van der Waals surface area contributed by atoms with Crippen molar-refractivity contribution < 1.29 is 0 Å². The van der Waals surface area contributed by atoms with Gasteiger partial charge >= 0.3 is 5.69 Å². The summed E-state index contributed by atoms with van der Waals surface area (Å²) in [7, 11) is 0. The molecule has 0 aliphatic rings. The lowest BCUT2D eigenvalue weighted by Gasteiger charge is -2.13. The molecule has 0 aliphatic carbocycles. The first-order valence-corrected chi connectivity index (χ1v) is 5.86. The van der Waals surface area contributed by atoms with Gasteiger partial charge in [0.05, 0.1) is 11.7 Å². The number of aromatic amines is 1. The van der Waals surface area contributed by atoms with E-state index in [1.54, 1.807) is 18.3 Å². The summed E-state index contributed by atoms with van der Waals surface area (Å²) >= 11 is 0. The predicted molar refractivity (Wildman–Crippen MR) is 69.9 cm³/mol. The Balaban J connectivity index is 1.89. The van der Waals surface area contributed by atoms with Crippen LogP contribution in [0.1, 0.15) is 18.7 Å². The summed E-state index contributed by atoms with van der Waals surface area (Å²) in [6.07, 6.45) is 1.74. The molecule has 0 radical (unpaired) electrons. The number of fused-ring (bicyclic) bond motifs is 1. The lowest BCUT2D eigenvalue weighted by atomic mass is 10.2. The van der Waals surface area contributed by atoms with Gasteiger partial charge in [0.1, 0.15) is 5.82 Å². The number of hydrogen-bond acceptors (Lipinski definition) is 5. The molecule has 0 aliphatic heterocycles. The molecule has 2 N–H and O–H groups in total. The van der Waals surface area contributed by atoms with Gasteiger partial charge in [-0.05, 0) is 31.2 Å². The number of nitrogens with one attached hydrogen (secondary N) is 2. The molecule has 3 aromatic rings. The van der Waals surface area contributed by atoms with Gasteiger partial charge in [0, 0.05) is 6.20 Å². The van der Waals surface area contributed by atoms with Crippen molar-refractivity contribution in [1.82, 2.24) is 24.8 Å². The van der Waals surface area contributed by atoms with Crippen LogP contribution >= 0.6 is 0 Å². The maximum Gasteiger partial charge on any atom is 0.364 e. The fraction of sp³-hybridized carbons (Fsp3) is 0.167. The van der Waals surface area contributed by atoms with E-state index in [1.165, 1.54) is 4.52 Å². The molecule has 0 saturated heterocycles. The topological polar surface area (TPSA) is 88.0 Å². The van der Waals surface area contributed by atoms with Gasteiger partial charge < -0.3 is 5.32 Å². The number of hydrogen-bond donors (Lipinski definition) is 2. The zero-order chi connectivity index (χ0) is 13.2. The molecule has 0 saturated carbocycles. The van der Waals surface area contributed by atoms with E-state index in [0.29, 0.717) is 11.5 Å². The molecule has 7 heteroatoms. The number of H-pyrrole nitrogens is 1. The Morgan fingerprint density at radius 1 is 1.32 bits per heavy atom. The van der Waals surface area contributed by atoms with Crippen LogP contribution in [0.25, 0.3) is 5.65 Å². The Kier molecular flexibility index (Phi) is 2.71. The quantitative estimate of drug-likeness (QED) is 0.729. The maximum absolute atomic E-state index is 11.4. The summed E-state index contributed by atoms with van der Waals surface area (Å²) in [6, 6.07) is 9.21. The monoisotopic (exact) mass is 256 g/mol. The molecule has 1 unspecified atom stereocenters. The average molecular weight is 256 g/mol. The number of rotatable bonds is 3. The van der Waals surface area contributed by atoms with Gasteiger partial charge in [-0.3, -0.25) is 4.98 Å². The summed E-state index contributed by atoms with van der Waals surface area (Å²) in [5, 5.41) is 13.5. The fourth-order valence-corrected chi connectivity index (χ4v) is 1.81. The molecule has 0 bridgehead atoms. The normalized spacial score (nSPS) is 12.5. The van der Waals surface area contributed by atoms with E-state index in [0.717, 1.165) is 5.69 Å². The second-order valence-electron chi connectivity index (χ2n) is 4.14. The highest BCUT2D eigenvalue weighted by molar-refractivity contribution is 5.43. The SMILES string of the molecule is CC(Nc1ccc2n[nH]c(=O)n2n1)c1ccccn1. The molecule has 3 rings (SSSR count). The number of anilines is 1. The molecule has 3 heterocycles. The molecule has 0 fully saturated rings. The minimum Gasteiger partial charge on any atom is -0.361 e. The van der Waals surface area contributed by atoms with Crippen molar-refractivity contribution in [2.75, 3.05) is 5.32 Å². The van der Waals surface area contributed by atoms with Crippen molar-refractivity contribution in [3.05, 3.63) is 52.7 Å². The van der Waals surface area contributed by atoms with Crippen LogP contribution in [0.4, 0.5) is 5.82 Å². The van der Waals surface area contributed by atoms with E-state index >= 15 is 0 Å². The third kappa shape index (κ3) is 2.17. The van der Waals surface area contributed by atoms with Gasteiger partial charge in [0.15, 0.2) is 5.65 Å². The number of nitrogens with zero attached hydrogens (tertiary/aromatic N) is 4. The Labute approximate surface area is 108 Å². The van der Waals surface area contributed by atoms with E-state index in [4.69, 9.17) is 0 Å². The summed E-state index contributed by atoms with van der Waals surface area (Å²) < 4.78 is 1.22. The number of aromatic nitrogens is 5. The summed E-state index contributed by atoms with van der Waals surface area (Å²) in [6.45, 7) is 1.98. The van der Waals surface area contributed by atoms with Crippen molar-refractivity contribution in [3.63, 3.8) is 0 Å². The van der Waals surface area contributed by atoms with Crippen molar-refractivity contribution in [2.45, 2.75) is 13.0 Å². The van der Waals surface area contributed by atoms with Crippen LogP contribution in [-0.4, -0.2) is 24.8 Å². The summed E-state index contributed by atoms with van der Waals surface area (Å²) in [5.41, 5.74) is 1.04. The largest absolute Gasteiger partial charge is 0.364 e. The van der Waals surface area contributed by atoms with Crippen LogP contribution in [0.5, 0.6) is 0 Å². The van der Waals surface area contributed by atoms with Gasteiger partial charge in [-0.2, -0.15) is 9.61 Å². The zero-order valence-corrected chi connectivity index (χ0v) is 10.2. The van der Waals surface area contributed by atoms with Crippen LogP contribution < -0.4 is 11.0 Å². The lowest BCUT2D eigenvalue weighted by Crippen LogP contribution is -2.15. The van der Waals surface area contributed by atoms with Gasteiger partial charge in [-0.15, -0.1) is 5.10 Å². The molecule has 0 amide bonds. The molecule has 1 atom stereocenters. The van der Waals surface area contributed by atoms with Crippen molar-refractivity contribution in [3.8, 4) is 0 Å². The lowest BCUT2D eigenvalue weighted by molar-refractivity contribution is 0.806. The first-order valence-electron chi connectivity index (χ1n) is 5.86. The van der Waals surface area contributed by atoms with Crippen LogP contribution in [0, 0.1) is 0 Å². The molecule has 0 aromatic carbocycles. The zero-order valence-electron chi connectivity index (χ0n) is 10.2. The smallest absolute Gasteiger partial charge is 0.361 e. The van der Waals surface area contributed by atoms with Crippen molar-refractivity contribution in [2.24, 2.45) is 0 Å². The van der Waals surface area contributed by atoms with Gasteiger partial charge in [0.25, 0.3) is 0 Å². The Morgan fingerprint density at radius 3 is 3.00 bits per heavy atom.